The SMILES string of the molecule is CSCc1ccc(C(=O)N2C[C@H]3CC[C@@H]2CN(c2ncccn2)C3)o1. The molecule has 0 saturated carbocycles. The number of anilines is 1. The van der Waals surface area contributed by atoms with E-state index in [1.807, 2.05) is 29.4 Å². The summed E-state index contributed by atoms with van der Waals surface area (Å²) in [7, 11) is 0. The third kappa shape index (κ3) is 3.38. The van der Waals surface area contributed by atoms with Crippen LogP contribution in [0.1, 0.15) is 29.2 Å². The molecule has 0 unspecified atom stereocenters. The largest absolute Gasteiger partial charge is 0.455 e. The Balaban J connectivity index is 1.53. The highest BCUT2D eigenvalue weighted by atomic mass is 32.2. The molecule has 0 spiro atoms. The van der Waals surface area contributed by atoms with Gasteiger partial charge in [-0.25, -0.2) is 9.97 Å². The summed E-state index contributed by atoms with van der Waals surface area (Å²) in [6.07, 6.45) is 7.74. The molecule has 2 aromatic heterocycles. The maximum absolute atomic E-state index is 13.0. The Labute approximate surface area is 151 Å². The van der Waals surface area contributed by atoms with Crippen LogP contribution in [0.2, 0.25) is 0 Å². The Bertz CT molecular complexity index is 736. The van der Waals surface area contributed by atoms with Gasteiger partial charge in [0.1, 0.15) is 5.76 Å². The van der Waals surface area contributed by atoms with E-state index in [1.54, 1.807) is 24.2 Å². The number of piperidine rings is 1. The molecule has 3 saturated heterocycles. The molecule has 7 heteroatoms. The highest BCUT2D eigenvalue weighted by Gasteiger charge is 2.38. The summed E-state index contributed by atoms with van der Waals surface area (Å²) in [5.41, 5.74) is 0. The first-order valence-electron chi connectivity index (χ1n) is 8.65. The first-order valence-corrected chi connectivity index (χ1v) is 10.0. The molecule has 0 N–H and O–H groups in total. The molecule has 0 radical (unpaired) electrons. The average molecular weight is 358 g/mol. The van der Waals surface area contributed by atoms with E-state index in [-0.39, 0.29) is 11.9 Å². The third-order valence-corrected chi connectivity index (χ3v) is 5.54. The fourth-order valence-electron chi connectivity index (χ4n) is 3.80. The van der Waals surface area contributed by atoms with Crippen molar-refractivity contribution in [3.8, 4) is 0 Å². The number of nitrogens with zero attached hydrogens (tertiary/aromatic N) is 4. The van der Waals surface area contributed by atoms with E-state index >= 15 is 0 Å². The minimum Gasteiger partial charge on any atom is -0.455 e. The Kier molecular flexibility index (Phi) is 4.65. The zero-order valence-electron chi connectivity index (χ0n) is 14.3. The quantitative estimate of drug-likeness (QED) is 0.837. The van der Waals surface area contributed by atoms with E-state index in [2.05, 4.69) is 14.9 Å². The summed E-state index contributed by atoms with van der Waals surface area (Å²) < 4.78 is 5.75. The van der Waals surface area contributed by atoms with Gasteiger partial charge in [-0.1, -0.05) is 0 Å². The molecular formula is C18H22N4O2S. The molecule has 3 aliphatic rings. The summed E-state index contributed by atoms with van der Waals surface area (Å²) in [4.78, 5) is 26.0. The molecule has 5 heterocycles. The van der Waals surface area contributed by atoms with Crippen LogP contribution in [-0.2, 0) is 5.75 Å². The standard InChI is InChI=1S/C18H22N4O2S/c1-25-12-15-5-6-16(24-15)17(23)22-10-13-3-4-14(22)11-21(9-13)18-19-7-2-8-20-18/h2,5-8,13-14H,3-4,9-12H2,1H3/t13-,14+/m0/s1. The van der Waals surface area contributed by atoms with Crippen LogP contribution in [0, 0.1) is 5.92 Å². The molecule has 5 rings (SSSR count). The highest BCUT2D eigenvalue weighted by Crippen LogP contribution is 2.31. The van der Waals surface area contributed by atoms with Crippen molar-refractivity contribution >= 4 is 23.6 Å². The Hall–Kier alpha value is -2.02. The van der Waals surface area contributed by atoms with Gasteiger partial charge < -0.3 is 14.2 Å². The van der Waals surface area contributed by atoms with E-state index in [9.17, 15) is 4.79 Å². The van der Waals surface area contributed by atoms with Crippen LogP contribution in [0.5, 0.6) is 0 Å². The first kappa shape index (κ1) is 16.4. The smallest absolute Gasteiger partial charge is 0.289 e. The minimum absolute atomic E-state index is 0.0119. The van der Waals surface area contributed by atoms with E-state index in [1.165, 1.54) is 0 Å². The predicted octanol–water partition coefficient (Wildman–Crippen LogP) is 2.67. The normalized spacial score (nSPS) is 22.9. The molecule has 1 amide bonds. The Morgan fingerprint density at radius 3 is 2.88 bits per heavy atom. The predicted molar refractivity (Wildman–Crippen MR) is 97.7 cm³/mol. The topological polar surface area (TPSA) is 62.5 Å². The molecule has 0 aromatic carbocycles. The number of carbonyl (C=O) groups is 1. The molecule has 132 valence electrons. The summed E-state index contributed by atoms with van der Waals surface area (Å²) >= 11 is 1.69. The Morgan fingerprint density at radius 1 is 1.24 bits per heavy atom. The monoisotopic (exact) mass is 358 g/mol. The van der Waals surface area contributed by atoms with Crippen molar-refractivity contribution in [2.75, 3.05) is 30.8 Å². The number of thioether (sulfide) groups is 1. The molecule has 2 bridgehead atoms. The van der Waals surface area contributed by atoms with Gasteiger partial charge in [-0.15, -0.1) is 0 Å². The van der Waals surface area contributed by atoms with Gasteiger partial charge in [-0.05, 0) is 43.2 Å². The minimum atomic E-state index is 0.0119. The lowest BCUT2D eigenvalue weighted by atomic mass is 9.95. The van der Waals surface area contributed by atoms with Crippen LogP contribution >= 0.6 is 11.8 Å². The van der Waals surface area contributed by atoms with E-state index in [0.29, 0.717) is 11.7 Å². The number of rotatable bonds is 4. The lowest BCUT2D eigenvalue weighted by Crippen LogP contribution is -2.47. The summed E-state index contributed by atoms with van der Waals surface area (Å²) in [6, 6.07) is 5.73. The average Bonchev–Trinajstić information content (AvgIpc) is 2.92. The van der Waals surface area contributed by atoms with Crippen molar-refractivity contribution in [1.82, 2.24) is 14.9 Å². The van der Waals surface area contributed by atoms with Gasteiger partial charge in [0.05, 0.1) is 5.75 Å². The van der Waals surface area contributed by atoms with Gasteiger partial charge in [-0.2, -0.15) is 11.8 Å². The molecule has 2 atom stereocenters. The molecular weight excluding hydrogens is 336 g/mol. The number of hydrogen-bond acceptors (Lipinski definition) is 6. The lowest BCUT2D eigenvalue weighted by molar-refractivity contribution is 0.0558. The summed E-state index contributed by atoms with van der Waals surface area (Å²) in [5, 5.41) is 0. The van der Waals surface area contributed by atoms with Crippen LogP contribution in [0.25, 0.3) is 0 Å². The van der Waals surface area contributed by atoms with Crippen molar-refractivity contribution in [2.45, 2.75) is 24.6 Å². The van der Waals surface area contributed by atoms with Crippen molar-refractivity contribution in [3.05, 3.63) is 42.1 Å². The number of aromatic nitrogens is 2. The van der Waals surface area contributed by atoms with Gasteiger partial charge in [0.2, 0.25) is 5.95 Å². The molecule has 6 nitrogen and oxygen atoms in total. The van der Waals surface area contributed by atoms with Gasteiger partial charge in [0, 0.05) is 38.1 Å². The summed E-state index contributed by atoms with van der Waals surface area (Å²) in [6.45, 7) is 2.47. The highest BCUT2D eigenvalue weighted by molar-refractivity contribution is 7.97. The van der Waals surface area contributed by atoms with Crippen LogP contribution in [0.3, 0.4) is 0 Å². The van der Waals surface area contributed by atoms with E-state index in [4.69, 9.17) is 4.42 Å². The zero-order valence-corrected chi connectivity index (χ0v) is 15.1. The second-order valence-electron chi connectivity index (χ2n) is 6.71. The number of carbonyl (C=O) groups excluding carboxylic acids is 1. The van der Waals surface area contributed by atoms with E-state index in [0.717, 1.165) is 49.9 Å². The maximum Gasteiger partial charge on any atom is 0.289 e. The van der Waals surface area contributed by atoms with Gasteiger partial charge in [-0.3, -0.25) is 4.79 Å². The lowest BCUT2D eigenvalue weighted by Gasteiger charge is -2.35. The Morgan fingerprint density at radius 2 is 2.08 bits per heavy atom. The van der Waals surface area contributed by atoms with Gasteiger partial charge in [0.15, 0.2) is 5.76 Å². The fraction of sp³-hybridized carbons (Fsp3) is 0.500. The number of amides is 1. The van der Waals surface area contributed by atoms with Crippen LogP contribution in [0.4, 0.5) is 5.95 Å². The number of furan rings is 1. The molecule has 3 fully saturated rings. The number of hydrogen-bond donors (Lipinski definition) is 0. The van der Waals surface area contributed by atoms with Crippen LogP contribution in [-0.4, -0.2) is 52.7 Å². The first-order chi connectivity index (χ1) is 12.2. The van der Waals surface area contributed by atoms with Crippen LogP contribution in [0.15, 0.2) is 35.0 Å². The van der Waals surface area contributed by atoms with Crippen molar-refractivity contribution in [3.63, 3.8) is 0 Å². The second kappa shape index (κ2) is 7.07. The third-order valence-electron chi connectivity index (χ3n) is 4.97. The zero-order chi connectivity index (χ0) is 17.2. The summed E-state index contributed by atoms with van der Waals surface area (Å²) in [5.74, 6) is 3.33. The van der Waals surface area contributed by atoms with Gasteiger partial charge >= 0.3 is 0 Å². The van der Waals surface area contributed by atoms with Gasteiger partial charge in [0.25, 0.3) is 5.91 Å². The fourth-order valence-corrected chi connectivity index (χ4v) is 4.24. The molecule has 25 heavy (non-hydrogen) atoms. The molecule has 3 aliphatic heterocycles. The maximum atomic E-state index is 13.0. The van der Waals surface area contributed by atoms with Crippen molar-refractivity contribution in [1.29, 1.82) is 0 Å². The number of fused-ring (bicyclic) bond motifs is 4. The molecule has 0 aliphatic carbocycles. The van der Waals surface area contributed by atoms with Crippen LogP contribution < -0.4 is 4.90 Å². The van der Waals surface area contributed by atoms with Crippen molar-refractivity contribution < 1.29 is 9.21 Å². The van der Waals surface area contributed by atoms with Crippen molar-refractivity contribution in [2.24, 2.45) is 5.92 Å². The molecule has 2 aromatic rings. The van der Waals surface area contributed by atoms with E-state index < -0.39 is 0 Å². The second-order valence-corrected chi connectivity index (χ2v) is 7.57.